The molecule has 0 aromatic heterocycles. The van der Waals surface area contributed by atoms with Gasteiger partial charge in [0.2, 0.25) is 0 Å². The van der Waals surface area contributed by atoms with E-state index >= 15 is 0 Å². The van der Waals surface area contributed by atoms with E-state index < -0.39 is 4.92 Å². The van der Waals surface area contributed by atoms with Crippen molar-refractivity contribution in [2.45, 2.75) is 33.1 Å². The largest absolute Gasteiger partial charge is 0.371 e. The minimum Gasteiger partial charge on any atom is -0.371 e. The Morgan fingerprint density at radius 2 is 2.05 bits per heavy atom. The lowest BCUT2D eigenvalue weighted by atomic mass is 10.1. The molecule has 0 bridgehead atoms. The number of amides is 1. The summed E-state index contributed by atoms with van der Waals surface area (Å²) in [5.74, 6) is 0.273. The van der Waals surface area contributed by atoms with Crippen molar-refractivity contribution in [3.8, 4) is 0 Å². The Kier molecular flexibility index (Phi) is 5.35. The summed E-state index contributed by atoms with van der Waals surface area (Å²) in [6.07, 6.45) is 3.07. The lowest BCUT2D eigenvalue weighted by Gasteiger charge is -2.21. The van der Waals surface area contributed by atoms with Crippen LogP contribution in [0.2, 0.25) is 0 Å². The van der Waals surface area contributed by atoms with Gasteiger partial charge < -0.3 is 10.2 Å². The molecule has 2 rings (SSSR count). The minimum absolute atomic E-state index is 0.0445. The number of non-ortho nitro benzene ring substituents is 1. The van der Waals surface area contributed by atoms with Crippen LogP contribution in [0, 0.1) is 16.0 Å². The van der Waals surface area contributed by atoms with Crippen molar-refractivity contribution < 1.29 is 9.72 Å². The molecule has 22 heavy (non-hydrogen) atoms. The summed E-state index contributed by atoms with van der Waals surface area (Å²) in [7, 11) is 0. The third kappa shape index (κ3) is 3.96. The van der Waals surface area contributed by atoms with Gasteiger partial charge >= 0.3 is 0 Å². The van der Waals surface area contributed by atoms with Gasteiger partial charge in [-0.25, -0.2) is 0 Å². The van der Waals surface area contributed by atoms with Gasteiger partial charge in [-0.2, -0.15) is 0 Å². The average molecular weight is 305 g/mol. The second-order valence-corrected chi connectivity index (χ2v) is 6.09. The van der Waals surface area contributed by atoms with Crippen molar-refractivity contribution in [3.05, 3.63) is 33.9 Å². The number of carbonyl (C=O) groups is 1. The highest BCUT2D eigenvalue weighted by Gasteiger charge is 2.22. The van der Waals surface area contributed by atoms with Crippen molar-refractivity contribution in [1.82, 2.24) is 5.32 Å². The highest BCUT2D eigenvalue weighted by molar-refractivity contribution is 6.00. The second kappa shape index (κ2) is 7.24. The van der Waals surface area contributed by atoms with Crippen molar-refractivity contribution in [2.75, 3.05) is 24.5 Å². The molecular formula is C16H23N3O3. The summed E-state index contributed by atoms with van der Waals surface area (Å²) in [6.45, 7) is 6.55. The molecule has 1 aromatic rings. The maximum absolute atomic E-state index is 12.4. The quantitative estimate of drug-likeness (QED) is 0.647. The lowest BCUT2D eigenvalue weighted by Crippen LogP contribution is -2.28. The normalized spacial score (nSPS) is 14.4. The molecule has 0 atom stereocenters. The van der Waals surface area contributed by atoms with Gasteiger partial charge in [-0.1, -0.05) is 13.8 Å². The van der Waals surface area contributed by atoms with Crippen molar-refractivity contribution in [1.29, 1.82) is 0 Å². The number of anilines is 1. The Hall–Kier alpha value is -2.11. The Morgan fingerprint density at radius 1 is 1.36 bits per heavy atom. The third-order valence-corrected chi connectivity index (χ3v) is 3.89. The van der Waals surface area contributed by atoms with Crippen LogP contribution in [0.5, 0.6) is 0 Å². The molecule has 1 amide bonds. The number of nitrogens with zero attached hydrogens (tertiary/aromatic N) is 2. The number of nitro benzene ring substituents is 1. The number of carbonyl (C=O) groups excluding carboxylic acids is 1. The zero-order chi connectivity index (χ0) is 16.1. The number of nitrogens with one attached hydrogen (secondary N) is 1. The zero-order valence-electron chi connectivity index (χ0n) is 13.2. The summed E-state index contributed by atoms with van der Waals surface area (Å²) in [6, 6.07) is 4.55. The summed E-state index contributed by atoms with van der Waals surface area (Å²) in [5.41, 5.74) is 1.15. The van der Waals surface area contributed by atoms with E-state index in [1.165, 1.54) is 12.1 Å². The predicted molar refractivity (Wildman–Crippen MR) is 86.3 cm³/mol. The summed E-state index contributed by atoms with van der Waals surface area (Å²) < 4.78 is 0. The molecule has 6 nitrogen and oxygen atoms in total. The molecular weight excluding hydrogens is 282 g/mol. The minimum atomic E-state index is -0.460. The first-order chi connectivity index (χ1) is 10.5. The molecule has 0 aliphatic carbocycles. The first-order valence-electron chi connectivity index (χ1n) is 7.80. The number of hydrogen-bond acceptors (Lipinski definition) is 4. The molecule has 6 heteroatoms. The van der Waals surface area contributed by atoms with Gasteiger partial charge in [-0.05, 0) is 31.2 Å². The van der Waals surface area contributed by atoms with E-state index in [1.54, 1.807) is 6.07 Å². The fourth-order valence-corrected chi connectivity index (χ4v) is 2.62. The van der Waals surface area contributed by atoms with E-state index in [4.69, 9.17) is 0 Å². The van der Waals surface area contributed by atoms with Gasteiger partial charge in [-0.3, -0.25) is 14.9 Å². The maximum atomic E-state index is 12.4. The molecule has 0 spiro atoms. The molecule has 1 aliphatic heterocycles. The number of benzene rings is 1. The molecule has 1 N–H and O–H groups in total. The van der Waals surface area contributed by atoms with Crippen LogP contribution in [-0.4, -0.2) is 30.5 Å². The maximum Gasteiger partial charge on any atom is 0.270 e. The van der Waals surface area contributed by atoms with Gasteiger partial charge in [0.05, 0.1) is 16.2 Å². The highest BCUT2D eigenvalue weighted by Crippen LogP contribution is 2.28. The SMILES string of the molecule is CC(C)CCNC(=O)c1cc([N+](=O)[O-])ccc1N1CCCC1. The summed E-state index contributed by atoms with van der Waals surface area (Å²) in [4.78, 5) is 25.1. The van der Waals surface area contributed by atoms with E-state index in [-0.39, 0.29) is 11.6 Å². The molecule has 0 radical (unpaired) electrons. The van der Waals surface area contributed by atoms with Crippen LogP contribution in [0.4, 0.5) is 11.4 Å². The van der Waals surface area contributed by atoms with Crippen LogP contribution >= 0.6 is 0 Å². The van der Waals surface area contributed by atoms with Crippen LogP contribution in [-0.2, 0) is 0 Å². The Labute approximate surface area is 130 Å². The monoisotopic (exact) mass is 305 g/mol. The van der Waals surface area contributed by atoms with E-state index in [9.17, 15) is 14.9 Å². The summed E-state index contributed by atoms with van der Waals surface area (Å²) in [5, 5.41) is 13.8. The topological polar surface area (TPSA) is 75.5 Å². The predicted octanol–water partition coefficient (Wildman–Crippen LogP) is 2.97. The first-order valence-corrected chi connectivity index (χ1v) is 7.80. The van der Waals surface area contributed by atoms with E-state index in [0.717, 1.165) is 38.0 Å². The molecule has 1 fully saturated rings. The van der Waals surface area contributed by atoms with Crippen molar-refractivity contribution in [2.24, 2.45) is 5.92 Å². The molecule has 120 valence electrons. The summed E-state index contributed by atoms with van der Waals surface area (Å²) >= 11 is 0. The van der Waals surface area contributed by atoms with E-state index in [1.807, 2.05) is 0 Å². The van der Waals surface area contributed by atoms with Gasteiger partial charge in [0.25, 0.3) is 11.6 Å². The van der Waals surface area contributed by atoms with Crippen LogP contribution in [0.3, 0.4) is 0 Å². The van der Waals surface area contributed by atoms with Crippen LogP contribution in [0.15, 0.2) is 18.2 Å². The Balaban J connectivity index is 2.22. The van der Waals surface area contributed by atoms with Crippen LogP contribution < -0.4 is 10.2 Å². The van der Waals surface area contributed by atoms with Crippen LogP contribution in [0.25, 0.3) is 0 Å². The Bertz CT molecular complexity index is 552. The fraction of sp³-hybridized carbons (Fsp3) is 0.562. The van der Waals surface area contributed by atoms with Crippen molar-refractivity contribution >= 4 is 17.3 Å². The van der Waals surface area contributed by atoms with E-state index in [2.05, 4.69) is 24.1 Å². The van der Waals surface area contributed by atoms with Crippen LogP contribution in [0.1, 0.15) is 43.5 Å². The number of rotatable bonds is 6. The highest BCUT2D eigenvalue weighted by atomic mass is 16.6. The smallest absolute Gasteiger partial charge is 0.270 e. The molecule has 1 heterocycles. The molecule has 1 aromatic carbocycles. The second-order valence-electron chi connectivity index (χ2n) is 6.09. The van der Waals surface area contributed by atoms with Gasteiger partial charge in [0, 0.05) is 31.8 Å². The molecule has 1 aliphatic rings. The average Bonchev–Trinajstić information content (AvgIpc) is 3.00. The number of hydrogen-bond donors (Lipinski definition) is 1. The van der Waals surface area contributed by atoms with Gasteiger partial charge in [0.1, 0.15) is 0 Å². The number of nitro groups is 1. The lowest BCUT2D eigenvalue weighted by molar-refractivity contribution is -0.384. The standard InChI is InChI=1S/C16H23N3O3/c1-12(2)7-8-17-16(20)14-11-13(19(21)22)5-6-15(14)18-9-3-4-10-18/h5-6,11-12H,3-4,7-10H2,1-2H3,(H,17,20). The molecule has 0 saturated carbocycles. The zero-order valence-corrected chi connectivity index (χ0v) is 13.2. The van der Waals surface area contributed by atoms with Crippen molar-refractivity contribution in [3.63, 3.8) is 0 Å². The molecule has 1 saturated heterocycles. The van der Waals surface area contributed by atoms with Gasteiger partial charge in [0.15, 0.2) is 0 Å². The third-order valence-electron chi connectivity index (χ3n) is 3.89. The fourth-order valence-electron chi connectivity index (χ4n) is 2.62. The molecule has 0 unspecified atom stereocenters. The van der Waals surface area contributed by atoms with Gasteiger partial charge in [-0.15, -0.1) is 0 Å². The Morgan fingerprint density at radius 3 is 2.64 bits per heavy atom. The first kappa shape index (κ1) is 16.3. The van der Waals surface area contributed by atoms with E-state index in [0.29, 0.717) is 18.0 Å².